The van der Waals surface area contributed by atoms with Crippen LogP contribution >= 0.6 is 0 Å². The number of carbonyl (C=O) groups excluding carboxylic acids is 1. The second kappa shape index (κ2) is 8.17. The highest BCUT2D eigenvalue weighted by atomic mass is 16.5. The first-order valence-corrected chi connectivity index (χ1v) is 8.73. The lowest BCUT2D eigenvalue weighted by Crippen LogP contribution is -2.42. The highest BCUT2D eigenvalue weighted by Crippen LogP contribution is 2.31. The van der Waals surface area contributed by atoms with Crippen molar-refractivity contribution in [2.75, 3.05) is 27.3 Å². The van der Waals surface area contributed by atoms with Gasteiger partial charge in [-0.1, -0.05) is 42.5 Å². The van der Waals surface area contributed by atoms with Crippen LogP contribution in [0.1, 0.15) is 36.0 Å². The summed E-state index contributed by atoms with van der Waals surface area (Å²) < 4.78 is 10.9. The summed E-state index contributed by atoms with van der Waals surface area (Å²) in [7, 11) is 3.28. The molecule has 1 unspecified atom stereocenters. The molecule has 0 aromatic heterocycles. The van der Waals surface area contributed by atoms with Gasteiger partial charge in [-0.05, 0) is 36.1 Å². The molecule has 1 aliphatic heterocycles. The monoisotopic (exact) mass is 339 g/mol. The summed E-state index contributed by atoms with van der Waals surface area (Å²) >= 11 is 0. The van der Waals surface area contributed by atoms with Crippen molar-refractivity contribution in [3.05, 3.63) is 65.7 Å². The molecule has 0 N–H and O–H groups in total. The van der Waals surface area contributed by atoms with E-state index in [4.69, 9.17) is 9.47 Å². The number of nitrogens with zero attached hydrogens (tertiary/aromatic N) is 1. The Balaban J connectivity index is 1.75. The third kappa shape index (κ3) is 4.02. The van der Waals surface area contributed by atoms with Gasteiger partial charge in [-0.3, -0.25) is 4.79 Å². The Morgan fingerprint density at radius 2 is 1.92 bits per heavy atom. The first-order chi connectivity index (χ1) is 12.2. The summed E-state index contributed by atoms with van der Waals surface area (Å²) in [6.45, 7) is 1.50. The second-order valence-corrected chi connectivity index (χ2v) is 6.43. The van der Waals surface area contributed by atoms with Crippen LogP contribution in [0.3, 0.4) is 0 Å². The molecule has 4 heteroatoms. The van der Waals surface area contributed by atoms with E-state index in [2.05, 4.69) is 12.1 Å². The fraction of sp³-hybridized carbons (Fsp3) is 0.381. The van der Waals surface area contributed by atoms with E-state index in [1.165, 1.54) is 5.56 Å². The molecule has 1 amide bonds. The summed E-state index contributed by atoms with van der Waals surface area (Å²) in [4.78, 5) is 14.9. The van der Waals surface area contributed by atoms with Crippen molar-refractivity contribution in [1.29, 1.82) is 0 Å². The smallest absolute Gasteiger partial charge is 0.256 e. The van der Waals surface area contributed by atoms with Gasteiger partial charge in [-0.25, -0.2) is 0 Å². The minimum atomic E-state index is -0.537. The Hall–Kier alpha value is -2.33. The normalized spacial score (nSPS) is 18.6. The first-order valence-electron chi connectivity index (χ1n) is 8.73. The number of hydrogen-bond acceptors (Lipinski definition) is 3. The molecule has 25 heavy (non-hydrogen) atoms. The molecule has 4 nitrogen and oxygen atoms in total. The van der Waals surface area contributed by atoms with Crippen LogP contribution in [0.2, 0.25) is 0 Å². The topological polar surface area (TPSA) is 38.8 Å². The summed E-state index contributed by atoms with van der Waals surface area (Å²) in [6, 6.07) is 17.8. The van der Waals surface area contributed by atoms with Gasteiger partial charge in [-0.2, -0.15) is 0 Å². The molecule has 132 valence electrons. The molecule has 3 rings (SSSR count). The average molecular weight is 339 g/mol. The van der Waals surface area contributed by atoms with E-state index in [9.17, 15) is 4.79 Å². The summed E-state index contributed by atoms with van der Waals surface area (Å²) in [6.07, 6.45) is 1.55. The predicted octanol–water partition coefficient (Wildman–Crippen LogP) is 3.79. The number of methoxy groups -OCH3 is 2. The molecule has 1 saturated heterocycles. The number of ether oxygens (including phenoxy) is 2. The molecule has 0 saturated carbocycles. The minimum absolute atomic E-state index is 0.0429. The quantitative estimate of drug-likeness (QED) is 0.832. The van der Waals surface area contributed by atoms with E-state index in [1.54, 1.807) is 14.2 Å². The van der Waals surface area contributed by atoms with Crippen molar-refractivity contribution < 1.29 is 14.3 Å². The summed E-state index contributed by atoms with van der Waals surface area (Å²) in [5.41, 5.74) is 2.13. The van der Waals surface area contributed by atoms with Gasteiger partial charge < -0.3 is 14.4 Å². The lowest BCUT2D eigenvalue weighted by Gasteiger charge is -2.35. The molecule has 2 aromatic carbocycles. The van der Waals surface area contributed by atoms with Gasteiger partial charge in [0.15, 0.2) is 6.10 Å². The van der Waals surface area contributed by atoms with Gasteiger partial charge in [-0.15, -0.1) is 0 Å². The van der Waals surface area contributed by atoms with Gasteiger partial charge in [0.05, 0.1) is 7.11 Å². The first kappa shape index (κ1) is 17.5. The summed E-state index contributed by atoms with van der Waals surface area (Å²) in [5, 5.41) is 0. The van der Waals surface area contributed by atoms with Gasteiger partial charge in [0.25, 0.3) is 5.91 Å². The van der Waals surface area contributed by atoms with Crippen LogP contribution in [0.4, 0.5) is 0 Å². The molecule has 0 radical (unpaired) electrons. The lowest BCUT2D eigenvalue weighted by atomic mass is 9.90. The number of rotatable bonds is 5. The predicted molar refractivity (Wildman–Crippen MR) is 97.7 cm³/mol. The highest BCUT2D eigenvalue weighted by Gasteiger charge is 2.30. The average Bonchev–Trinajstić information content (AvgIpc) is 2.69. The maximum Gasteiger partial charge on any atom is 0.256 e. The lowest BCUT2D eigenvalue weighted by molar-refractivity contribution is -0.143. The Kier molecular flexibility index (Phi) is 5.71. The van der Waals surface area contributed by atoms with Gasteiger partial charge in [0.2, 0.25) is 0 Å². The molecule has 0 spiro atoms. The molecule has 2 aromatic rings. The molecule has 0 aliphatic carbocycles. The third-order valence-corrected chi connectivity index (χ3v) is 4.86. The second-order valence-electron chi connectivity index (χ2n) is 6.43. The zero-order chi connectivity index (χ0) is 17.6. The van der Waals surface area contributed by atoms with E-state index < -0.39 is 6.10 Å². The number of likely N-dealkylation sites (tertiary alicyclic amines) is 1. The van der Waals surface area contributed by atoms with Crippen molar-refractivity contribution in [2.45, 2.75) is 24.9 Å². The molecule has 2 atom stereocenters. The van der Waals surface area contributed by atoms with Crippen LogP contribution in [-0.4, -0.2) is 38.1 Å². The molecule has 1 fully saturated rings. The van der Waals surface area contributed by atoms with Crippen LogP contribution in [0.25, 0.3) is 0 Å². The zero-order valence-electron chi connectivity index (χ0n) is 14.9. The Morgan fingerprint density at radius 3 is 2.64 bits per heavy atom. The number of piperidine rings is 1. The molecule has 1 heterocycles. The molecular formula is C21H25NO3. The van der Waals surface area contributed by atoms with E-state index >= 15 is 0 Å². The van der Waals surface area contributed by atoms with E-state index in [-0.39, 0.29) is 5.91 Å². The zero-order valence-corrected chi connectivity index (χ0v) is 14.9. The number of benzene rings is 2. The van der Waals surface area contributed by atoms with Gasteiger partial charge in [0, 0.05) is 26.1 Å². The number of hydrogen-bond donors (Lipinski definition) is 0. The fourth-order valence-corrected chi connectivity index (χ4v) is 3.52. The van der Waals surface area contributed by atoms with Crippen molar-refractivity contribution in [1.82, 2.24) is 4.90 Å². The fourth-order valence-electron chi connectivity index (χ4n) is 3.52. The van der Waals surface area contributed by atoms with E-state index in [1.807, 2.05) is 47.4 Å². The SMILES string of the molecule is COc1cccc(C2CCCN(C(=O)[C@H](OC)c3ccccc3)C2)c1. The van der Waals surface area contributed by atoms with Crippen LogP contribution in [-0.2, 0) is 9.53 Å². The van der Waals surface area contributed by atoms with Crippen molar-refractivity contribution in [2.24, 2.45) is 0 Å². The standard InChI is InChI=1S/C21H25NO3/c1-24-19-12-6-10-17(14-19)18-11-7-13-22(15-18)21(23)20(25-2)16-8-4-3-5-9-16/h3-6,8-10,12,14,18,20H,7,11,13,15H2,1-2H3/t18?,20-/m1/s1. The Bertz CT molecular complexity index is 701. The van der Waals surface area contributed by atoms with Crippen LogP contribution < -0.4 is 4.74 Å². The van der Waals surface area contributed by atoms with Crippen LogP contribution in [0.5, 0.6) is 5.75 Å². The van der Waals surface area contributed by atoms with Gasteiger partial charge in [0.1, 0.15) is 5.75 Å². The molecular weight excluding hydrogens is 314 g/mol. The maximum atomic E-state index is 13.0. The van der Waals surface area contributed by atoms with E-state index in [0.29, 0.717) is 5.92 Å². The Labute approximate surface area is 149 Å². The summed E-state index contributed by atoms with van der Waals surface area (Å²) in [5.74, 6) is 1.24. The Morgan fingerprint density at radius 1 is 1.12 bits per heavy atom. The minimum Gasteiger partial charge on any atom is -0.497 e. The number of amides is 1. The van der Waals surface area contributed by atoms with Crippen molar-refractivity contribution in [3.63, 3.8) is 0 Å². The molecule has 1 aliphatic rings. The third-order valence-electron chi connectivity index (χ3n) is 4.86. The van der Waals surface area contributed by atoms with Gasteiger partial charge >= 0.3 is 0 Å². The van der Waals surface area contributed by atoms with Crippen LogP contribution in [0.15, 0.2) is 54.6 Å². The largest absolute Gasteiger partial charge is 0.497 e. The molecule has 0 bridgehead atoms. The van der Waals surface area contributed by atoms with Crippen LogP contribution in [0, 0.1) is 0 Å². The van der Waals surface area contributed by atoms with Crippen molar-refractivity contribution in [3.8, 4) is 5.75 Å². The number of carbonyl (C=O) groups is 1. The van der Waals surface area contributed by atoms with E-state index in [0.717, 1.165) is 37.2 Å². The highest BCUT2D eigenvalue weighted by molar-refractivity contribution is 5.82. The van der Waals surface area contributed by atoms with Crippen molar-refractivity contribution >= 4 is 5.91 Å². The maximum absolute atomic E-state index is 13.0.